The minimum absolute atomic E-state index is 0.0301. The first-order valence-electron chi connectivity index (χ1n) is 9.03. The fourth-order valence-electron chi connectivity index (χ4n) is 3.03. The van der Waals surface area contributed by atoms with E-state index in [0.717, 1.165) is 0 Å². The molecule has 2 N–H and O–H groups in total. The number of carbonyl (C=O) groups excluding carboxylic acids is 3. The zero-order valence-corrected chi connectivity index (χ0v) is 17.4. The molecule has 0 spiro atoms. The summed E-state index contributed by atoms with van der Waals surface area (Å²) in [7, 11) is -3.13. The van der Waals surface area contributed by atoms with Crippen LogP contribution in [0.4, 0.5) is 0 Å². The summed E-state index contributed by atoms with van der Waals surface area (Å²) >= 11 is 0. The molecule has 1 aromatic rings. The van der Waals surface area contributed by atoms with Gasteiger partial charge in [0, 0.05) is 11.7 Å². The number of rotatable bonds is 6. The number of aryl methyl sites for hydroxylation is 1. The number of ether oxygens (including phenoxy) is 2. The average Bonchev–Trinajstić information content (AvgIpc) is 3.04. The molecule has 0 aromatic carbocycles. The van der Waals surface area contributed by atoms with Gasteiger partial charge in [-0.15, -0.1) is 0 Å². The van der Waals surface area contributed by atoms with E-state index in [-0.39, 0.29) is 28.9 Å². The van der Waals surface area contributed by atoms with Crippen molar-refractivity contribution in [2.24, 2.45) is 0 Å². The molecule has 2 heterocycles. The van der Waals surface area contributed by atoms with Crippen LogP contribution < -0.4 is 5.32 Å². The van der Waals surface area contributed by atoms with E-state index in [1.807, 2.05) is 0 Å². The number of nitrogens with one attached hydrogen (secondary N) is 2. The average molecular weight is 414 g/mol. The summed E-state index contributed by atoms with van der Waals surface area (Å²) < 4.78 is 33.3. The molecule has 28 heavy (non-hydrogen) atoms. The number of carbonyl (C=O) groups is 3. The molecule has 1 aromatic heterocycles. The minimum Gasteiger partial charge on any atom is -0.459 e. The van der Waals surface area contributed by atoms with Crippen molar-refractivity contribution in [3.8, 4) is 0 Å². The molecule has 1 saturated heterocycles. The van der Waals surface area contributed by atoms with Gasteiger partial charge >= 0.3 is 11.9 Å². The Balaban J connectivity index is 2.04. The van der Waals surface area contributed by atoms with Gasteiger partial charge in [0.05, 0.1) is 23.2 Å². The lowest BCUT2D eigenvalue weighted by molar-refractivity contribution is -0.129. The van der Waals surface area contributed by atoms with E-state index in [0.29, 0.717) is 17.7 Å². The molecule has 0 saturated carbocycles. The Morgan fingerprint density at radius 3 is 2.29 bits per heavy atom. The van der Waals surface area contributed by atoms with Crippen molar-refractivity contribution >= 4 is 27.7 Å². The van der Waals surface area contributed by atoms with E-state index < -0.39 is 39.8 Å². The van der Waals surface area contributed by atoms with Gasteiger partial charge in [-0.3, -0.25) is 4.79 Å². The van der Waals surface area contributed by atoms with Gasteiger partial charge in [-0.2, -0.15) is 0 Å². The highest BCUT2D eigenvalue weighted by molar-refractivity contribution is 7.91. The highest BCUT2D eigenvalue weighted by atomic mass is 32.2. The lowest BCUT2D eigenvalue weighted by Crippen LogP contribution is -2.42. The third-order valence-corrected chi connectivity index (χ3v) is 6.19. The van der Waals surface area contributed by atoms with E-state index >= 15 is 0 Å². The van der Waals surface area contributed by atoms with E-state index in [2.05, 4.69) is 10.3 Å². The fraction of sp³-hybridized carbons (Fsp3) is 0.611. The highest BCUT2D eigenvalue weighted by Crippen LogP contribution is 2.21. The molecule has 0 radical (unpaired) electrons. The maximum atomic E-state index is 12.4. The number of hydrogen-bond acceptors (Lipinski definition) is 7. The monoisotopic (exact) mass is 414 g/mol. The molecule has 2 rings (SSSR count). The summed E-state index contributed by atoms with van der Waals surface area (Å²) in [5, 5.41) is 2.58. The first-order chi connectivity index (χ1) is 12.9. The number of H-pyrrole nitrogens is 1. The molecular formula is C18H26N2O7S. The standard InChI is InChI=1S/C18H26N2O7S/c1-9(2)26-17(22)14-10(3)15(19-11(14)4)18(23)27-12(5)16(21)20-13-6-7-28(24,25)8-13/h9,12-13,19H,6-8H2,1-5H3,(H,20,21)/t12-,13+/m0/s1. The summed E-state index contributed by atoms with van der Waals surface area (Å²) in [4.78, 5) is 39.7. The Bertz CT molecular complexity index is 886. The van der Waals surface area contributed by atoms with Gasteiger partial charge in [0.15, 0.2) is 15.9 Å². The Kier molecular flexibility index (Phi) is 6.53. The van der Waals surface area contributed by atoms with E-state index in [1.54, 1.807) is 27.7 Å². The number of aromatic nitrogens is 1. The van der Waals surface area contributed by atoms with Gasteiger partial charge in [0.2, 0.25) is 0 Å². The summed E-state index contributed by atoms with van der Waals surface area (Å²) in [6, 6.07) is -0.481. The smallest absolute Gasteiger partial charge is 0.355 e. The van der Waals surface area contributed by atoms with Crippen molar-refractivity contribution in [3.05, 3.63) is 22.5 Å². The molecule has 1 aliphatic heterocycles. The van der Waals surface area contributed by atoms with Crippen LogP contribution in [0, 0.1) is 13.8 Å². The van der Waals surface area contributed by atoms with Crippen molar-refractivity contribution in [2.75, 3.05) is 11.5 Å². The normalized spacial score (nSPS) is 19.3. The van der Waals surface area contributed by atoms with Gasteiger partial charge in [-0.05, 0) is 46.6 Å². The van der Waals surface area contributed by atoms with Crippen LogP contribution >= 0.6 is 0 Å². The second-order valence-corrected chi connectivity index (χ2v) is 9.46. The molecule has 0 bridgehead atoms. The molecule has 0 unspecified atom stereocenters. The van der Waals surface area contributed by atoms with Crippen LogP contribution in [0.5, 0.6) is 0 Å². The van der Waals surface area contributed by atoms with Crippen LogP contribution in [0.2, 0.25) is 0 Å². The Morgan fingerprint density at radius 2 is 1.75 bits per heavy atom. The molecule has 1 fully saturated rings. The van der Waals surface area contributed by atoms with Crippen LogP contribution in [0.15, 0.2) is 0 Å². The van der Waals surface area contributed by atoms with E-state index in [1.165, 1.54) is 6.92 Å². The van der Waals surface area contributed by atoms with Crippen LogP contribution in [0.3, 0.4) is 0 Å². The molecule has 9 nitrogen and oxygen atoms in total. The van der Waals surface area contributed by atoms with Gasteiger partial charge in [-0.25, -0.2) is 18.0 Å². The summed E-state index contributed by atoms with van der Waals surface area (Å²) in [6.07, 6.45) is -1.09. The maximum absolute atomic E-state index is 12.4. The summed E-state index contributed by atoms with van der Waals surface area (Å²) in [5.41, 5.74) is 1.16. The van der Waals surface area contributed by atoms with Crippen molar-refractivity contribution in [3.63, 3.8) is 0 Å². The first kappa shape index (κ1) is 21.9. The maximum Gasteiger partial charge on any atom is 0.355 e. The lowest BCUT2D eigenvalue weighted by Gasteiger charge is -2.16. The Labute approximate surface area is 164 Å². The second-order valence-electron chi connectivity index (χ2n) is 7.24. The Hall–Kier alpha value is -2.36. The third-order valence-electron chi connectivity index (χ3n) is 4.42. The van der Waals surface area contributed by atoms with Gasteiger partial charge in [0.1, 0.15) is 5.69 Å². The second kappa shape index (κ2) is 8.34. The van der Waals surface area contributed by atoms with Crippen molar-refractivity contribution in [1.29, 1.82) is 0 Å². The van der Waals surface area contributed by atoms with Crippen molar-refractivity contribution in [1.82, 2.24) is 10.3 Å². The SMILES string of the molecule is Cc1[nH]c(C(=O)O[C@@H](C)C(=O)N[C@@H]2CCS(=O)(=O)C2)c(C)c1C(=O)OC(C)C. The fourth-order valence-corrected chi connectivity index (χ4v) is 4.71. The predicted molar refractivity (Wildman–Crippen MR) is 101 cm³/mol. The molecule has 156 valence electrons. The van der Waals surface area contributed by atoms with Gasteiger partial charge < -0.3 is 19.8 Å². The zero-order chi connectivity index (χ0) is 21.2. The number of esters is 2. The van der Waals surface area contributed by atoms with Gasteiger partial charge in [0.25, 0.3) is 5.91 Å². The first-order valence-corrected chi connectivity index (χ1v) is 10.8. The lowest BCUT2D eigenvalue weighted by atomic mass is 10.1. The molecule has 1 amide bonds. The molecule has 10 heteroatoms. The third kappa shape index (κ3) is 5.12. The van der Waals surface area contributed by atoms with Crippen LogP contribution in [-0.4, -0.2) is 61.0 Å². The number of sulfone groups is 1. The predicted octanol–water partition coefficient (Wildman–Crippen LogP) is 1.05. The highest BCUT2D eigenvalue weighted by Gasteiger charge is 2.31. The topological polar surface area (TPSA) is 132 Å². The quantitative estimate of drug-likeness (QED) is 0.665. The molecule has 0 aliphatic carbocycles. The van der Waals surface area contributed by atoms with Crippen LogP contribution in [-0.2, 0) is 24.1 Å². The molecular weight excluding hydrogens is 388 g/mol. The zero-order valence-electron chi connectivity index (χ0n) is 16.6. The van der Waals surface area contributed by atoms with E-state index in [4.69, 9.17) is 9.47 Å². The van der Waals surface area contributed by atoms with Crippen molar-refractivity contribution < 1.29 is 32.3 Å². The molecule has 1 aliphatic rings. The van der Waals surface area contributed by atoms with E-state index in [9.17, 15) is 22.8 Å². The van der Waals surface area contributed by atoms with Crippen LogP contribution in [0.1, 0.15) is 59.3 Å². The largest absolute Gasteiger partial charge is 0.459 e. The number of amides is 1. The van der Waals surface area contributed by atoms with Gasteiger partial charge in [-0.1, -0.05) is 0 Å². The summed E-state index contributed by atoms with van der Waals surface area (Å²) in [5.74, 6) is -1.99. The minimum atomic E-state index is -3.13. The summed E-state index contributed by atoms with van der Waals surface area (Å²) in [6.45, 7) is 8.07. The van der Waals surface area contributed by atoms with Crippen molar-refractivity contribution in [2.45, 2.75) is 59.3 Å². The number of aromatic amines is 1. The Morgan fingerprint density at radius 1 is 1.11 bits per heavy atom. The number of hydrogen-bond donors (Lipinski definition) is 2. The molecule has 2 atom stereocenters. The van der Waals surface area contributed by atoms with Crippen LogP contribution in [0.25, 0.3) is 0 Å².